The summed E-state index contributed by atoms with van der Waals surface area (Å²) in [4.78, 5) is 18.9. The summed E-state index contributed by atoms with van der Waals surface area (Å²) < 4.78 is 5.33. The molecule has 4 rings (SSSR count). The number of nitrogens with one attached hydrogen (secondary N) is 1. The quantitative estimate of drug-likeness (QED) is 0.546. The minimum atomic E-state index is 0.0118. The molecular weight excluding hydrogens is 376 g/mol. The number of hydrogen-bond acceptors (Lipinski definition) is 5. The van der Waals surface area contributed by atoms with Crippen LogP contribution in [0.25, 0.3) is 11.4 Å². The molecule has 0 spiro atoms. The van der Waals surface area contributed by atoms with Gasteiger partial charge in [0.1, 0.15) is 0 Å². The summed E-state index contributed by atoms with van der Waals surface area (Å²) in [7, 11) is 0. The summed E-state index contributed by atoms with van der Waals surface area (Å²) in [6.07, 6.45) is 5.20. The zero-order valence-corrected chi connectivity index (χ0v) is 17.2. The fourth-order valence-electron chi connectivity index (χ4n) is 3.74. The van der Waals surface area contributed by atoms with Gasteiger partial charge >= 0.3 is 0 Å². The second-order valence-corrected chi connectivity index (χ2v) is 7.69. The molecule has 0 bridgehead atoms. The Balaban J connectivity index is 1.20. The molecule has 1 N–H and O–H groups in total. The van der Waals surface area contributed by atoms with Crippen molar-refractivity contribution in [2.24, 2.45) is 0 Å². The van der Waals surface area contributed by atoms with E-state index in [1.165, 1.54) is 24.1 Å². The van der Waals surface area contributed by atoms with Crippen molar-refractivity contribution in [3.63, 3.8) is 0 Å². The smallest absolute Gasteiger partial charge is 0.227 e. The minimum Gasteiger partial charge on any atom is -0.372 e. The molecule has 0 saturated carbocycles. The average Bonchev–Trinajstić information content (AvgIpc) is 3.49. The Labute approximate surface area is 177 Å². The maximum atomic E-state index is 12.1. The monoisotopic (exact) mass is 404 g/mol. The topological polar surface area (TPSA) is 71.3 Å². The molecule has 1 amide bonds. The number of hydrogen-bond donors (Lipinski definition) is 1. The molecule has 6 nitrogen and oxygen atoms in total. The predicted octanol–water partition coefficient (Wildman–Crippen LogP) is 4.02. The lowest BCUT2D eigenvalue weighted by atomic mass is 10.1. The van der Waals surface area contributed by atoms with Gasteiger partial charge in [0.05, 0.1) is 0 Å². The SMILES string of the molecule is O=C(CCc1nc(-c2ccc(N3CCCC3)cc2)no1)NCCCc1ccccc1. The standard InChI is InChI=1S/C24H28N4O2/c29-22(25-16-6-9-19-7-2-1-3-8-19)14-15-23-26-24(27-30-23)20-10-12-21(13-11-20)28-17-4-5-18-28/h1-3,7-8,10-13H,4-6,9,14-18H2,(H,25,29). The normalized spacial score (nSPS) is 13.5. The highest BCUT2D eigenvalue weighted by Crippen LogP contribution is 2.24. The highest BCUT2D eigenvalue weighted by Gasteiger charge is 2.14. The van der Waals surface area contributed by atoms with Gasteiger partial charge in [0.25, 0.3) is 0 Å². The van der Waals surface area contributed by atoms with E-state index in [-0.39, 0.29) is 5.91 Å². The Morgan fingerprint density at radius 2 is 1.77 bits per heavy atom. The number of carbonyl (C=O) groups excluding carboxylic acids is 1. The first-order valence-corrected chi connectivity index (χ1v) is 10.8. The van der Waals surface area contributed by atoms with E-state index < -0.39 is 0 Å². The third-order valence-corrected chi connectivity index (χ3v) is 5.44. The summed E-state index contributed by atoms with van der Waals surface area (Å²) >= 11 is 0. The zero-order valence-electron chi connectivity index (χ0n) is 17.2. The van der Waals surface area contributed by atoms with Crippen LogP contribution >= 0.6 is 0 Å². The third-order valence-electron chi connectivity index (χ3n) is 5.44. The van der Waals surface area contributed by atoms with Crippen molar-refractivity contribution < 1.29 is 9.32 Å². The van der Waals surface area contributed by atoms with Crippen LogP contribution in [-0.2, 0) is 17.6 Å². The van der Waals surface area contributed by atoms with Crippen LogP contribution in [0.5, 0.6) is 0 Å². The molecule has 3 aromatic rings. The molecule has 1 aromatic heterocycles. The van der Waals surface area contributed by atoms with Crippen LogP contribution in [-0.4, -0.2) is 35.7 Å². The van der Waals surface area contributed by atoms with Gasteiger partial charge in [0, 0.05) is 43.7 Å². The molecular formula is C24H28N4O2. The molecule has 0 aliphatic carbocycles. The van der Waals surface area contributed by atoms with Crippen molar-refractivity contribution in [3.05, 3.63) is 66.1 Å². The van der Waals surface area contributed by atoms with Gasteiger partial charge in [-0.25, -0.2) is 0 Å². The van der Waals surface area contributed by atoms with E-state index in [2.05, 4.69) is 44.6 Å². The number of amides is 1. The van der Waals surface area contributed by atoms with Gasteiger partial charge in [0.2, 0.25) is 17.6 Å². The maximum absolute atomic E-state index is 12.1. The van der Waals surface area contributed by atoms with E-state index >= 15 is 0 Å². The lowest BCUT2D eigenvalue weighted by molar-refractivity contribution is -0.121. The van der Waals surface area contributed by atoms with Crippen molar-refractivity contribution in [3.8, 4) is 11.4 Å². The van der Waals surface area contributed by atoms with Crippen molar-refractivity contribution >= 4 is 11.6 Å². The maximum Gasteiger partial charge on any atom is 0.227 e. The number of rotatable bonds is 9. The molecule has 1 saturated heterocycles. The number of aromatic nitrogens is 2. The van der Waals surface area contributed by atoms with Gasteiger partial charge in [-0.15, -0.1) is 0 Å². The number of aryl methyl sites for hydroxylation is 2. The summed E-state index contributed by atoms with van der Waals surface area (Å²) in [6, 6.07) is 18.6. The molecule has 6 heteroatoms. The first-order chi connectivity index (χ1) is 14.8. The summed E-state index contributed by atoms with van der Waals surface area (Å²) in [6.45, 7) is 2.92. The largest absolute Gasteiger partial charge is 0.372 e. The molecule has 156 valence electrons. The number of anilines is 1. The first kappa shape index (κ1) is 20.1. The molecule has 1 aliphatic heterocycles. The van der Waals surface area contributed by atoms with Crippen LogP contribution in [0.4, 0.5) is 5.69 Å². The molecule has 0 radical (unpaired) electrons. The lowest BCUT2D eigenvalue weighted by Gasteiger charge is -2.17. The Morgan fingerprint density at radius 3 is 2.53 bits per heavy atom. The zero-order chi connectivity index (χ0) is 20.6. The van der Waals surface area contributed by atoms with E-state index in [0.29, 0.717) is 31.1 Å². The number of benzene rings is 2. The van der Waals surface area contributed by atoms with Crippen LogP contribution in [0, 0.1) is 0 Å². The van der Waals surface area contributed by atoms with Gasteiger partial charge in [-0.1, -0.05) is 35.5 Å². The van der Waals surface area contributed by atoms with Gasteiger partial charge < -0.3 is 14.7 Å². The molecule has 2 heterocycles. The van der Waals surface area contributed by atoms with Crippen molar-refractivity contribution in [2.75, 3.05) is 24.5 Å². The molecule has 1 fully saturated rings. The highest BCUT2D eigenvalue weighted by atomic mass is 16.5. The third kappa shape index (κ3) is 5.47. The van der Waals surface area contributed by atoms with Crippen LogP contribution in [0.15, 0.2) is 59.1 Å². The summed E-state index contributed by atoms with van der Waals surface area (Å²) in [5.74, 6) is 1.08. The van der Waals surface area contributed by atoms with E-state index in [1.54, 1.807) is 0 Å². The number of nitrogens with zero attached hydrogens (tertiary/aromatic N) is 3. The van der Waals surface area contributed by atoms with E-state index in [9.17, 15) is 4.79 Å². The van der Waals surface area contributed by atoms with E-state index in [1.807, 2.05) is 30.3 Å². The Bertz CT molecular complexity index is 931. The van der Waals surface area contributed by atoms with Crippen molar-refractivity contribution in [1.29, 1.82) is 0 Å². The minimum absolute atomic E-state index is 0.0118. The van der Waals surface area contributed by atoms with Gasteiger partial charge in [-0.2, -0.15) is 4.98 Å². The first-order valence-electron chi connectivity index (χ1n) is 10.8. The van der Waals surface area contributed by atoms with Crippen molar-refractivity contribution in [2.45, 2.75) is 38.5 Å². The Morgan fingerprint density at radius 1 is 1.00 bits per heavy atom. The van der Waals surface area contributed by atoms with E-state index in [4.69, 9.17) is 4.52 Å². The highest BCUT2D eigenvalue weighted by molar-refractivity contribution is 5.76. The van der Waals surface area contributed by atoms with Gasteiger partial charge in [-0.05, 0) is 55.5 Å². The molecule has 0 atom stereocenters. The van der Waals surface area contributed by atoms with Crippen LogP contribution in [0.1, 0.15) is 37.1 Å². The molecule has 2 aromatic carbocycles. The van der Waals surface area contributed by atoms with E-state index in [0.717, 1.165) is 31.5 Å². The molecule has 1 aliphatic rings. The number of carbonyl (C=O) groups is 1. The molecule has 30 heavy (non-hydrogen) atoms. The Kier molecular flexibility index (Phi) is 6.75. The predicted molar refractivity (Wildman–Crippen MR) is 117 cm³/mol. The second-order valence-electron chi connectivity index (χ2n) is 7.69. The van der Waals surface area contributed by atoms with Crippen LogP contribution in [0.3, 0.4) is 0 Å². The van der Waals surface area contributed by atoms with Crippen LogP contribution < -0.4 is 10.2 Å². The summed E-state index contributed by atoms with van der Waals surface area (Å²) in [5.41, 5.74) is 3.46. The van der Waals surface area contributed by atoms with Gasteiger partial charge in [-0.3, -0.25) is 4.79 Å². The average molecular weight is 405 g/mol. The second kappa shape index (κ2) is 10.1. The fourth-order valence-corrected chi connectivity index (χ4v) is 3.74. The van der Waals surface area contributed by atoms with Crippen LogP contribution in [0.2, 0.25) is 0 Å². The lowest BCUT2D eigenvalue weighted by Crippen LogP contribution is -2.25. The molecule has 0 unspecified atom stereocenters. The Hall–Kier alpha value is -3.15. The van der Waals surface area contributed by atoms with Gasteiger partial charge in [0.15, 0.2) is 0 Å². The fraction of sp³-hybridized carbons (Fsp3) is 0.375. The van der Waals surface area contributed by atoms with Crippen molar-refractivity contribution in [1.82, 2.24) is 15.5 Å². The summed E-state index contributed by atoms with van der Waals surface area (Å²) in [5, 5.41) is 7.03.